The van der Waals surface area contributed by atoms with E-state index in [1.54, 1.807) is 20.9 Å². The van der Waals surface area contributed by atoms with Gasteiger partial charge in [0, 0.05) is 25.0 Å². The normalized spacial score (nSPS) is 18.0. The summed E-state index contributed by atoms with van der Waals surface area (Å²) in [5, 5.41) is 0. The third-order valence-electron chi connectivity index (χ3n) is 5.76. The zero-order valence-corrected chi connectivity index (χ0v) is 18.5. The molecule has 3 aromatic rings. The molecule has 0 N–H and O–H groups in total. The molecule has 2 aliphatic rings. The Morgan fingerprint density at radius 3 is 1.96 bits per heavy atom. The lowest BCUT2D eigenvalue weighted by atomic mass is 9.99. The fourth-order valence-corrected chi connectivity index (χ4v) is 9.29. The monoisotopic (exact) mass is 390 g/mol. The SMILES string of the molecule is CC1=Cc2c(C)ccc(C)c2C1[Si]C1c2sc(C)cc2-c2cc(C)sc21. The van der Waals surface area contributed by atoms with Gasteiger partial charge < -0.3 is 0 Å². The Bertz CT molecular complexity index is 1030. The number of benzene rings is 1. The number of allylic oxidation sites excluding steroid dienone is 1. The van der Waals surface area contributed by atoms with E-state index in [9.17, 15) is 0 Å². The van der Waals surface area contributed by atoms with E-state index in [1.165, 1.54) is 37.6 Å². The molecule has 0 saturated carbocycles. The van der Waals surface area contributed by atoms with Crippen molar-refractivity contribution >= 4 is 38.3 Å². The molecular formula is C23H22S2Si. The van der Waals surface area contributed by atoms with Crippen LogP contribution in [0.2, 0.25) is 0 Å². The minimum Gasteiger partial charge on any atom is -0.145 e. The Balaban J connectivity index is 1.61. The lowest BCUT2D eigenvalue weighted by molar-refractivity contribution is 1.06. The predicted octanol–water partition coefficient (Wildman–Crippen LogP) is 6.98. The zero-order valence-electron chi connectivity index (χ0n) is 15.9. The maximum Gasteiger partial charge on any atom is 0.0705 e. The lowest BCUT2D eigenvalue weighted by Crippen LogP contribution is -2.16. The Morgan fingerprint density at radius 1 is 0.769 bits per heavy atom. The molecule has 0 bridgehead atoms. The number of thiophene rings is 2. The summed E-state index contributed by atoms with van der Waals surface area (Å²) in [5.41, 5.74) is 11.7. The summed E-state index contributed by atoms with van der Waals surface area (Å²) in [6, 6.07) is 9.42. The summed E-state index contributed by atoms with van der Waals surface area (Å²) in [4.78, 5) is 6.14. The molecule has 1 atom stereocenters. The van der Waals surface area contributed by atoms with E-state index in [4.69, 9.17) is 0 Å². The number of rotatable bonds is 2. The predicted molar refractivity (Wildman–Crippen MR) is 117 cm³/mol. The van der Waals surface area contributed by atoms with Gasteiger partial charge in [-0.2, -0.15) is 0 Å². The number of aryl methyl sites for hydroxylation is 4. The third kappa shape index (κ3) is 2.30. The van der Waals surface area contributed by atoms with Gasteiger partial charge in [-0.05, 0) is 85.7 Å². The van der Waals surface area contributed by atoms with Gasteiger partial charge in [0.25, 0.3) is 0 Å². The lowest BCUT2D eigenvalue weighted by Gasteiger charge is -2.21. The topological polar surface area (TPSA) is 0 Å². The second-order valence-electron chi connectivity index (χ2n) is 7.72. The second kappa shape index (κ2) is 5.79. The van der Waals surface area contributed by atoms with E-state index in [0.717, 1.165) is 9.52 Å². The Hall–Kier alpha value is -1.42. The summed E-state index contributed by atoms with van der Waals surface area (Å²) in [7, 11) is 0.893. The molecule has 0 spiro atoms. The van der Waals surface area contributed by atoms with Crippen LogP contribution in [0.3, 0.4) is 0 Å². The van der Waals surface area contributed by atoms with Crippen LogP contribution in [-0.4, -0.2) is 9.52 Å². The van der Waals surface area contributed by atoms with Crippen molar-refractivity contribution in [2.24, 2.45) is 0 Å². The molecule has 0 aliphatic heterocycles. The van der Waals surface area contributed by atoms with Gasteiger partial charge >= 0.3 is 0 Å². The molecule has 3 heteroatoms. The van der Waals surface area contributed by atoms with Crippen LogP contribution in [0.15, 0.2) is 29.8 Å². The molecule has 0 fully saturated rings. The molecule has 2 heterocycles. The van der Waals surface area contributed by atoms with Crippen LogP contribution in [0, 0.1) is 27.7 Å². The van der Waals surface area contributed by atoms with Gasteiger partial charge in [-0.25, -0.2) is 0 Å². The van der Waals surface area contributed by atoms with Gasteiger partial charge in [0.1, 0.15) is 0 Å². The summed E-state index contributed by atoms with van der Waals surface area (Å²) in [6.07, 6.45) is 2.45. The maximum atomic E-state index is 2.45. The Labute approximate surface area is 166 Å². The Morgan fingerprint density at radius 2 is 1.35 bits per heavy atom. The third-order valence-corrected chi connectivity index (χ3v) is 10.4. The summed E-state index contributed by atoms with van der Waals surface area (Å²) in [6.45, 7) is 11.4. The highest BCUT2D eigenvalue weighted by atomic mass is 32.1. The van der Waals surface area contributed by atoms with E-state index in [-0.39, 0.29) is 0 Å². The van der Waals surface area contributed by atoms with E-state index in [0.29, 0.717) is 11.1 Å². The average Bonchev–Trinajstić information content (AvgIpc) is 3.28. The molecule has 1 unspecified atom stereocenters. The van der Waals surface area contributed by atoms with E-state index < -0.39 is 0 Å². The fraction of sp³-hybridized carbons (Fsp3) is 0.304. The summed E-state index contributed by atoms with van der Waals surface area (Å²) >= 11 is 4.04. The molecule has 1 aromatic carbocycles. The van der Waals surface area contributed by atoms with Crippen molar-refractivity contribution in [3.8, 4) is 11.1 Å². The van der Waals surface area contributed by atoms with Crippen molar-refractivity contribution in [3.05, 3.63) is 71.6 Å². The van der Waals surface area contributed by atoms with Crippen LogP contribution in [0.25, 0.3) is 17.2 Å². The second-order valence-corrected chi connectivity index (χ2v) is 11.8. The molecule has 0 saturated heterocycles. The average molecular weight is 391 g/mol. The number of hydrogen-bond donors (Lipinski definition) is 0. The Kier molecular flexibility index (Phi) is 3.72. The van der Waals surface area contributed by atoms with Crippen LogP contribution < -0.4 is 0 Å². The smallest absolute Gasteiger partial charge is 0.0705 e. The molecule has 0 nitrogen and oxygen atoms in total. The van der Waals surface area contributed by atoms with Crippen molar-refractivity contribution < 1.29 is 0 Å². The summed E-state index contributed by atoms with van der Waals surface area (Å²) in [5.74, 6) is 0. The first-order chi connectivity index (χ1) is 12.4. The molecule has 0 amide bonds. The van der Waals surface area contributed by atoms with E-state index in [2.05, 4.69) is 65.0 Å². The molecular weight excluding hydrogens is 368 g/mol. The van der Waals surface area contributed by atoms with Crippen LogP contribution in [0.5, 0.6) is 0 Å². The van der Waals surface area contributed by atoms with Crippen molar-refractivity contribution in [3.63, 3.8) is 0 Å². The molecule has 26 heavy (non-hydrogen) atoms. The van der Waals surface area contributed by atoms with Gasteiger partial charge in [-0.3, -0.25) is 0 Å². The molecule has 2 aliphatic carbocycles. The van der Waals surface area contributed by atoms with Crippen molar-refractivity contribution in [1.29, 1.82) is 0 Å². The highest BCUT2D eigenvalue weighted by molar-refractivity contribution is 7.15. The minimum absolute atomic E-state index is 0.582. The quantitative estimate of drug-likeness (QED) is 0.414. The molecule has 2 aromatic heterocycles. The van der Waals surface area contributed by atoms with Gasteiger partial charge in [0.05, 0.1) is 9.52 Å². The van der Waals surface area contributed by atoms with Gasteiger partial charge in [0.2, 0.25) is 0 Å². The maximum absolute atomic E-state index is 2.45. The fourth-order valence-electron chi connectivity index (χ4n) is 4.53. The van der Waals surface area contributed by atoms with Crippen molar-refractivity contribution in [1.82, 2.24) is 0 Å². The molecule has 130 valence electrons. The minimum atomic E-state index is 0.582. The van der Waals surface area contributed by atoms with E-state index >= 15 is 0 Å². The highest BCUT2D eigenvalue weighted by Gasteiger charge is 2.37. The van der Waals surface area contributed by atoms with Crippen molar-refractivity contribution in [2.75, 3.05) is 0 Å². The molecule has 2 radical (unpaired) electrons. The first kappa shape index (κ1) is 16.7. The first-order valence-electron chi connectivity index (χ1n) is 9.19. The first-order valence-corrected chi connectivity index (χ1v) is 12.0. The van der Waals surface area contributed by atoms with Crippen LogP contribution in [0.1, 0.15) is 59.8 Å². The van der Waals surface area contributed by atoms with Gasteiger partial charge in [-0.1, -0.05) is 23.8 Å². The van der Waals surface area contributed by atoms with Gasteiger partial charge in [0.15, 0.2) is 0 Å². The summed E-state index contributed by atoms with van der Waals surface area (Å²) < 4.78 is 0. The molecule has 5 rings (SSSR count). The van der Waals surface area contributed by atoms with Crippen LogP contribution >= 0.6 is 22.7 Å². The van der Waals surface area contributed by atoms with Crippen LogP contribution in [0.4, 0.5) is 0 Å². The van der Waals surface area contributed by atoms with Crippen molar-refractivity contribution in [2.45, 2.75) is 45.7 Å². The number of hydrogen-bond acceptors (Lipinski definition) is 2. The highest BCUT2D eigenvalue weighted by Crippen LogP contribution is 2.54. The standard InChI is InChI=1S/C23H22S2Si/c1-11-6-7-12(2)19-16(11)8-13(3)22(19)26-23-20-17(9-14(4)24-20)18-10-15(5)25-21(18)23/h6-10,22-23H,1-5H3. The zero-order chi connectivity index (χ0) is 18.2. The van der Waals surface area contributed by atoms with Gasteiger partial charge in [-0.15, -0.1) is 22.7 Å². The number of fused-ring (bicyclic) bond motifs is 4. The van der Waals surface area contributed by atoms with Crippen LogP contribution in [-0.2, 0) is 0 Å². The van der Waals surface area contributed by atoms with E-state index in [1.807, 2.05) is 22.7 Å². The largest absolute Gasteiger partial charge is 0.145 e.